The monoisotopic (exact) mass is 251 g/mol. The summed E-state index contributed by atoms with van der Waals surface area (Å²) in [5.74, 6) is -1.89. The van der Waals surface area contributed by atoms with Gasteiger partial charge in [-0.25, -0.2) is 21.9 Å². The van der Waals surface area contributed by atoms with Crippen molar-refractivity contribution in [3.8, 4) is 0 Å². The fourth-order valence-corrected chi connectivity index (χ4v) is 2.20. The third-order valence-electron chi connectivity index (χ3n) is 1.75. The summed E-state index contributed by atoms with van der Waals surface area (Å²) in [7, 11) is -4.13. The molecule has 90 valence electrons. The fourth-order valence-electron chi connectivity index (χ4n) is 0.991. The first-order valence-electron chi connectivity index (χ1n) is 4.45. The molecule has 4 nitrogen and oxygen atoms in total. The topological polar surface area (TPSA) is 66.4 Å². The molecule has 1 atom stereocenters. The Morgan fingerprint density at radius 3 is 2.62 bits per heavy atom. The number of aliphatic hydroxyl groups excluding tert-OH is 1. The molecule has 0 radical (unpaired) electrons. The maximum atomic E-state index is 13.1. The van der Waals surface area contributed by atoms with Crippen LogP contribution in [-0.2, 0) is 10.0 Å². The molecule has 0 amide bonds. The standard InChI is InChI=1S/C9H11F2NO3S/c1-6(13)5-12-16(14,15)9-4-7(10)2-3-8(9)11/h2-4,6,12-13H,5H2,1H3/t6-/m1/s1. The summed E-state index contributed by atoms with van der Waals surface area (Å²) in [6, 6.07) is 2.13. The van der Waals surface area contributed by atoms with E-state index in [0.717, 1.165) is 12.1 Å². The van der Waals surface area contributed by atoms with E-state index in [4.69, 9.17) is 5.11 Å². The van der Waals surface area contributed by atoms with Gasteiger partial charge in [0, 0.05) is 6.54 Å². The van der Waals surface area contributed by atoms with Crippen molar-refractivity contribution in [3.05, 3.63) is 29.8 Å². The zero-order valence-electron chi connectivity index (χ0n) is 8.44. The number of aliphatic hydroxyl groups is 1. The van der Waals surface area contributed by atoms with Crippen molar-refractivity contribution in [1.29, 1.82) is 0 Å². The average Bonchev–Trinajstić information content (AvgIpc) is 2.19. The Labute approximate surface area is 92.0 Å². The Morgan fingerprint density at radius 1 is 1.44 bits per heavy atom. The largest absolute Gasteiger partial charge is 0.392 e. The normalized spacial score (nSPS) is 13.8. The Morgan fingerprint density at radius 2 is 2.06 bits per heavy atom. The first-order chi connectivity index (χ1) is 7.33. The van der Waals surface area contributed by atoms with E-state index in [2.05, 4.69) is 0 Å². The number of hydrogen-bond donors (Lipinski definition) is 2. The molecule has 0 heterocycles. The number of nitrogens with one attached hydrogen (secondary N) is 1. The fraction of sp³-hybridized carbons (Fsp3) is 0.333. The highest BCUT2D eigenvalue weighted by molar-refractivity contribution is 7.89. The van der Waals surface area contributed by atoms with E-state index in [1.54, 1.807) is 0 Å². The molecule has 0 bridgehead atoms. The summed E-state index contributed by atoms with van der Waals surface area (Å²) < 4.78 is 50.8. The highest BCUT2D eigenvalue weighted by atomic mass is 32.2. The number of benzene rings is 1. The Bertz CT molecular complexity index is 474. The summed E-state index contributed by atoms with van der Waals surface area (Å²) >= 11 is 0. The third kappa shape index (κ3) is 3.22. The Hall–Kier alpha value is -1.05. The highest BCUT2D eigenvalue weighted by Crippen LogP contribution is 2.15. The van der Waals surface area contributed by atoms with Gasteiger partial charge in [0.15, 0.2) is 0 Å². The van der Waals surface area contributed by atoms with Crippen molar-refractivity contribution >= 4 is 10.0 Å². The molecular weight excluding hydrogens is 240 g/mol. The second-order valence-electron chi connectivity index (χ2n) is 3.28. The van der Waals surface area contributed by atoms with Gasteiger partial charge in [0.1, 0.15) is 16.5 Å². The second-order valence-corrected chi connectivity index (χ2v) is 5.01. The minimum absolute atomic E-state index is 0.266. The summed E-state index contributed by atoms with van der Waals surface area (Å²) in [6.07, 6.45) is -0.911. The van der Waals surface area contributed by atoms with Crippen LogP contribution in [0.15, 0.2) is 23.1 Å². The maximum absolute atomic E-state index is 13.1. The molecule has 0 fully saturated rings. The van der Waals surface area contributed by atoms with Crippen LogP contribution in [-0.4, -0.2) is 26.2 Å². The Kier molecular flexibility index (Phi) is 3.95. The molecule has 7 heteroatoms. The van der Waals surface area contributed by atoms with Gasteiger partial charge in [-0.3, -0.25) is 0 Å². The minimum Gasteiger partial charge on any atom is -0.392 e. The van der Waals surface area contributed by atoms with E-state index >= 15 is 0 Å². The van der Waals surface area contributed by atoms with Gasteiger partial charge in [-0.2, -0.15) is 0 Å². The molecule has 16 heavy (non-hydrogen) atoms. The lowest BCUT2D eigenvalue weighted by atomic mass is 10.3. The maximum Gasteiger partial charge on any atom is 0.243 e. The smallest absolute Gasteiger partial charge is 0.243 e. The zero-order valence-corrected chi connectivity index (χ0v) is 9.26. The van der Waals surface area contributed by atoms with E-state index < -0.39 is 32.7 Å². The number of hydrogen-bond acceptors (Lipinski definition) is 3. The quantitative estimate of drug-likeness (QED) is 0.824. The van der Waals surface area contributed by atoms with Crippen molar-refractivity contribution < 1.29 is 22.3 Å². The number of rotatable bonds is 4. The molecule has 0 aromatic heterocycles. The second kappa shape index (κ2) is 4.86. The lowest BCUT2D eigenvalue weighted by Gasteiger charge is -2.08. The van der Waals surface area contributed by atoms with Gasteiger partial charge in [0.25, 0.3) is 0 Å². The van der Waals surface area contributed by atoms with Crippen LogP contribution in [0.5, 0.6) is 0 Å². The van der Waals surface area contributed by atoms with Gasteiger partial charge in [-0.15, -0.1) is 0 Å². The lowest BCUT2D eigenvalue weighted by molar-refractivity contribution is 0.198. The van der Waals surface area contributed by atoms with Gasteiger partial charge in [-0.1, -0.05) is 0 Å². The summed E-state index contributed by atoms with van der Waals surface area (Å²) in [5, 5.41) is 8.89. The van der Waals surface area contributed by atoms with Crippen LogP contribution in [0.3, 0.4) is 0 Å². The molecule has 2 N–H and O–H groups in total. The molecule has 1 rings (SSSR count). The predicted molar refractivity (Wildman–Crippen MR) is 53.2 cm³/mol. The third-order valence-corrected chi connectivity index (χ3v) is 3.19. The summed E-state index contributed by atoms with van der Waals surface area (Å²) in [4.78, 5) is -0.770. The minimum atomic E-state index is -4.13. The van der Waals surface area contributed by atoms with Crippen molar-refractivity contribution in [2.75, 3.05) is 6.54 Å². The van der Waals surface area contributed by atoms with Crippen LogP contribution in [0.25, 0.3) is 0 Å². The first kappa shape index (κ1) is 13.0. The number of halogens is 2. The summed E-state index contributed by atoms with van der Waals surface area (Å²) in [5.41, 5.74) is 0. The molecule has 0 aliphatic heterocycles. The van der Waals surface area contributed by atoms with Crippen LogP contribution in [0.1, 0.15) is 6.92 Å². The van der Waals surface area contributed by atoms with Crippen molar-refractivity contribution in [2.24, 2.45) is 0 Å². The molecule has 0 saturated heterocycles. The van der Waals surface area contributed by atoms with E-state index in [-0.39, 0.29) is 6.54 Å². The molecule has 0 aliphatic carbocycles. The lowest BCUT2D eigenvalue weighted by Crippen LogP contribution is -2.31. The van der Waals surface area contributed by atoms with E-state index in [1.807, 2.05) is 4.72 Å². The molecular formula is C9H11F2NO3S. The van der Waals surface area contributed by atoms with Gasteiger partial charge >= 0.3 is 0 Å². The molecule has 1 aromatic carbocycles. The van der Waals surface area contributed by atoms with Crippen molar-refractivity contribution in [2.45, 2.75) is 17.9 Å². The molecule has 0 saturated carbocycles. The van der Waals surface area contributed by atoms with Crippen LogP contribution in [0.2, 0.25) is 0 Å². The van der Waals surface area contributed by atoms with Gasteiger partial charge in [0.2, 0.25) is 10.0 Å². The van der Waals surface area contributed by atoms with Crippen LogP contribution >= 0.6 is 0 Å². The van der Waals surface area contributed by atoms with Crippen LogP contribution in [0, 0.1) is 11.6 Å². The predicted octanol–water partition coefficient (Wildman–Crippen LogP) is 0.624. The summed E-state index contributed by atoms with van der Waals surface area (Å²) in [6.45, 7) is 1.10. The Balaban J connectivity index is 3.02. The van der Waals surface area contributed by atoms with Crippen LogP contribution < -0.4 is 4.72 Å². The zero-order chi connectivity index (χ0) is 12.3. The van der Waals surface area contributed by atoms with E-state index in [9.17, 15) is 17.2 Å². The van der Waals surface area contributed by atoms with Gasteiger partial charge in [0.05, 0.1) is 6.10 Å². The van der Waals surface area contributed by atoms with Crippen molar-refractivity contribution in [1.82, 2.24) is 4.72 Å². The molecule has 0 aliphatic rings. The van der Waals surface area contributed by atoms with Gasteiger partial charge < -0.3 is 5.11 Å². The molecule has 0 spiro atoms. The van der Waals surface area contributed by atoms with E-state index in [1.165, 1.54) is 6.92 Å². The van der Waals surface area contributed by atoms with E-state index in [0.29, 0.717) is 6.07 Å². The first-order valence-corrected chi connectivity index (χ1v) is 5.94. The van der Waals surface area contributed by atoms with Crippen LogP contribution in [0.4, 0.5) is 8.78 Å². The highest BCUT2D eigenvalue weighted by Gasteiger charge is 2.19. The van der Waals surface area contributed by atoms with Crippen molar-refractivity contribution in [3.63, 3.8) is 0 Å². The van der Waals surface area contributed by atoms with Gasteiger partial charge in [-0.05, 0) is 25.1 Å². The number of sulfonamides is 1. The average molecular weight is 251 g/mol. The molecule has 1 aromatic rings. The molecule has 0 unspecified atom stereocenters. The SMILES string of the molecule is C[C@@H](O)CNS(=O)(=O)c1cc(F)ccc1F.